The molecule has 0 unspecified atom stereocenters. The molecule has 4 nitrogen and oxygen atoms in total. The fourth-order valence-corrected chi connectivity index (χ4v) is 9.87. The smallest absolute Gasteiger partial charge is 0.160 e. The maximum absolute atomic E-state index is 5.31. The minimum atomic E-state index is 0.662. The van der Waals surface area contributed by atoms with E-state index in [4.69, 9.17) is 19.9 Å². The number of fused-ring (bicyclic) bond motifs is 8. The normalized spacial score (nSPS) is 11.6. The van der Waals surface area contributed by atoms with E-state index in [-0.39, 0.29) is 0 Å². The van der Waals surface area contributed by atoms with Crippen molar-refractivity contribution in [2.45, 2.75) is 0 Å². The average molecular weight is 839 g/mol. The maximum Gasteiger partial charge on any atom is 0.160 e. The van der Waals surface area contributed by atoms with E-state index >= 15 is 0 Å². The molecule has 13 rings (SSSR count). The first-order valence-electron chi connectivity index (χ1n) is 22.4. The highest BCUT2D eigenvalue weighted by atomic mass is 14.9. The second-order valence-corrected chi connectivity index (χ2v) is 16.9. The van der Waals surface area contributed by atoms with Gasteiger partial charge in [-0.2, -0.15) is 0 Å². The van der Waals surface area contributed by atoms with Crippen molar-refractivity contribution in [3.8, 4) is 67.5 Å². The number of aromatic nitrogens is 4. The van der Waals surface area contributed by atoms with Crippen LogP contribution in [0.15, 0.2) is 231 Å². The van der Waals surface area contributed by atoms with Gasteiger partial charge in [0.25, 0.3) is 0 Å². The summed E-state index contributed by atoms with van der Waals surface area (Å²) in [5.41, 5.74) is 12.2. The van der Waals surface area contributed by atoms with E-state index in [0.29, 0.717) is 11.6 Å². The predicted molar refractivity (Wildman–Crippen MR) is 275 cm³/mol. The second kappa shape index (κ2) is 15.4. The Morgan fingerprint density at radius 1 is 0.212 bits per heavy atom. The van der Waals surface area contributed by atoms with E-state index in [0.717, 1.165) is 66.6 Å². The van der Waals surface area contributed by atoms with Crippen molar-refractivity contribution in [3.63, 3.8) is 0 Å². The number of nitrogens with zero attached hydrogens (tertiary/aromatic N) is 4. The molecule has 306 valence electrons. The molecule has 4 heteroatoms. The largest absolute Gasteiger partial charge is 0.228 e. The molecule has 0 saturated heterocycles. The third-order valence-electron chi connectivity index (χ3n) is 13.0. The van der Waals surface area contributed by atoms with Gasteiger partial charge in [-0.15, -0.1) is 0 Å². The zero-order chi connectivity index (χ0) is 43.6. The van der Waals surface area contributed by atoms with E-state index in [9.17, 15) is 0 Å². The van der Waals surface area contributed by atoms with E-state index in [1.807, 2.05) is 12.1 Å². The number of rotatable bonds is 6. The molecule has 2 heterocycles. The van der Waals surface area contributed by atoms with E-state index in [2.05, 4.69) is 218 Å². The highest BCUT2D eigenvalue weighted by molar-refractivity contribution is 6.15. The Labute approximate surface area is 381 Å². The summed E-state index contributed by atoms with van der Waals surface area (Å²) in [6.45, 7) is 0. The summed E-state index contributed by atoms with van der Waals surface area (Å²) in [6, 6.07) is 81.7. The molecule has 0 atom stereocenters. The first-order chi connectivity index (χ1) is 32.7. The predicted octanol–water partition coefficient (Wildman–Crippen LogP) is 16.2. The van der Waals surface area contributed by atoms with E-state index < -0.39 is 0 Å². The van der Waals surface area contributed by atoms with Gasteiger partial charge in [-0.05, 0) is 102 Å². The molecule has 0 fully saturated rings. The van der Waals surface area contributed by atoms with Gasteiger partial charge in [0.15, 0.2) is 11.6 Å². The molecule has 0 N–H and O–H groups in total. The minimum Gasteiger partial charge on any atom is -0.228 e. The fraction of sp³-hybridized carbons (Fsp3) is 0. The van der Waals surface area contributed by atoms with Crippen LogP contribution < -0.4 is 0 Å². The number of hydrogen-bond acceptors (Lipinski definition) is 4. The summed E-state index contributed by atoms with van der Waals surface area (Å²) in [4.78, 5) is 20.8. The zero-order valence-corrected chi connectivity index (χ0v) is 35.7. The Morgan fingerprint density at radius 3 is 1.00 bits per heavy atom. The van der Waals surface area contributed by atoms with Crippen molar-refractivity contribution in [3.05, 3.63) is 231 Å². The molecular formula is C62H38N4. The molecule has 0 aliphatic rings. The lowest BCUT2D eigenvalue weighted by Gasteiger charge is -2.14. The van der Waals surface area contributed by atoms with Crippen LogP contribution in [-0.2, 0) is 0 Å². The number of para-hydroxylation sites is 2. The Bertz CT molecular complexity index is 3800. The van der Waals surface area contributed by atoms with Crippen LogP contribution in [0.1, 0.15) is 0 Å². The highest BCUT2D eigenvalue weighted by Crippen LogP contribution is 2.40. The number of benzene rings is 11. The topological polar surface area (TPSA) is 51.6 Å². The lowest BCUT2D eigenvalue weighted by atomic mass is 9.92. The van der Waals surface area contributed by atoms with Crippen LogP contribution in [0.25, 0.3) is 132 Å². The quantitative estimate of drug-likeness (QED) is 0.157. The highest BCUT2D eigenvalue weighted by Gasteiger charge is 2.17. The summed E-state index contributed by atoms with van der Waals surface area (Å²) in [7, 11) is 0. The van der Waals surface area contributed by atoms with E-state index in [1.54, 1.807) is 0 Å². The molecule has 0 saturated carbocycles. The van der Waals surface area contributed by atoms with Gasteiger partial charge in [0, 0.05) is 33.0 Å². The Morgan fingerprint density at radius 2 is 0.561 bits per heavy atom. The van der Waals surface area contributed by atoms with Crippen LogP contribution >= 0.6 is 0 Å². The van der Waals surface area contributed by atoms with Gasteiger partial charge < -0.3 is 0 Å². The van der Waals surface area contributed by atoms with Crippen molar-refractivity contribution in [2.75, 3.05) is 0 Å². The summed E-state index contributed by atoms with van der Waals surface area (Å²) in [5.74, 6) is 1.32. The fourth-order valence-electron chi connectivity index (χ4n) is 9.87. The van der Waals surface area contributed by atoms with Gasteiger partial charge in [-0.3, -0.25) is 0 Å². The van der Waals surface area contributed by atoms with Crippen molar-refractivity contribution < 1.29 is 0 Å². The Balaban J connectivity index is 0.886. The molecule has 0 amide bonds. The average Bonchev–Trinajstić information content (AvgIpc) is 3.40. The molecule has 2 aromatic heterocycles. The van der Waals surface area contributed by atoms with Gasteiger partial charge in [0.2, 0.25) is 0 Å². The summed E-state index contributed by atoms with van der Waals surface area (Å²) in [5, 5.41) is 11.9. The van der Waals surface area contributed by atoms with Crippen molar-refractivity contribution in [1.29, 1.82) is 0 Å². The lowest BCUT2D eigenvalue weighted by molar-refractivity contribution is 1.22. The molecule has 0 radical (unpaired) electrons. The lowest BCUT2D eigenvalue weighted by Crippen LogP contribution is -1.97. The van der Waals surface area contributed by atoms with Crippen molar-refractivity contribution in [2.24, 2.45) is 0 Å². The molecule has 0 aliphatic carbocycles. The maximum atomic E-state index is 5.31. The van der Waals surface area contributed by atoms with Crippen molar-refractivity contribution >= 4 is 64.9 Å². The number of hydrogen-bond donors (Lipinski definition) is 0. The molecule has 0 spiro atoms. The Hall–Kier alpha value is -8.86. The molecule has 0 aliphatic heterocycles. The molecular weight excluding hydrogens is 801 g/mol. The first kappa shape index (κ1) is 37.7. The van der Waals surface area contributed by atoms with Crippen LogP contribution in [-0.4, -0.2) is 19.9 Å². The van der Waals surface area contributed by atoms with Crippen molar-refractivity contribution in [1.82, 2.24) is 19.9 Å². The van der Waals surface area contributed by atoms with Gasteiger partial charge in [0.1, 0.15) is 0 Å². The van der Waals surface area contributed by atoms with Crippen LogP contribution in [0.4, 0.5) is 0 Å². The molecule has 66 heavy (non-hydrogen) atoms. The van der Waals surface area contributed by atoms with Gasteiger partial charge in [-0.1, -0.05) is 194 Å². The van der Waals surface area contributed by atoms with Crippen LogP contribution in [0.3, 0.4) is 0 Å². The third-order valence-corrected chi connectivity index (χ3v) is 13.0. The van der Waals surface area contributed by atoms with Crippen LogP contribution in [0, 0.1) is 0 Å². The monoisotopic (exact) mass is 838 g/mol. The van der Waals surface area contributed by atoms with E-state index in [1.165, 1.54) is 54.2 Å². The standard InChI is InChI=1S/C62H38N4/c1-3-21-47-43(15-1)37-55(51-25-7-5-23-49(47)51)41-17-13-19-45(35-41)59-53-27-9-11-29-57(53)63-61(65-59)39-31-33-40(34-32-39)62-64-58-30-12-10-28-54(58)60(66-62)46-20-14-18-42(36-46)56-38-44-16-2-4-22-48(44)50-24-6-8-26-52(50)56/h1-38H. The third kappa shape index (κ3) is 6.38. The minimum absolute atomic E-state index is 0.662. The molecule has 13 aromatic rings. The van der Waals surface area contributed by atoms with Gasteiger partial charge in [-0.25, -0.2) is 19.9 Å². The molecule has 0 bridgehead atoms. The summed E-state index contributed by atoms with van der Waals surface area (Å²) < 4.78 is 0. The van der Waals surface area contributed by atoms with Gasteiger partial charge in [0.05, 0.1) is 22.4 Å². The zero-order valence-electron chi connectivity index (χ0n) is 35.7. The molecule has 11 aromatic carbocycles. The second-order valence-electron chi connectivity index (χ2n) is 16.9. The summed E-state index contributed by atoms with van der Waals surface area (Å²) in [6.07, 6.45) is 0. The summed E-state index contributed by atoms with van der Waals surface area (Å²) >= 11 is 0. The van der Waals surface area contributed by atoms with Gasteiger partial charge >= 0.3 is 0 Å². The van der Waals surface area contributed by atoms with Crippen LogP contribution in [0.2, 0.25) is 0 Å². The first-order valence-corrected chi connectivity index (χ1v) is 22.4. The SMILES string of the molecule is c1cc(-c2nc(-c3ccc(-c4nc(-c5cccc(-c6cc7ccccc7c7ccccc67)c5)c5ccccc5n4)cc3)nc3ccccc23)cc(-c2cc3ccccc3c3ccccc23)c1. The van der Waals surface area contributed by atoms with Crippen LogP contribution in [0.5, 0.6) is 0 Å². The Kier molecular flexibility index (Phi) is 8.81.